The molecule has 59 heavy (non-hydrogen) atoms. The molecule has 1 fully saturated rings. The molecule has 1 aliphatic rings. The molecule has 1 atom stereocenters. The van der Waals surface area contributed by atoms with Crippen molar-refractivity contribution in [2.45, 2.75) is 83.7 Å². The number of imide groups is 1. The van der Waals surface area contributed by atoms with Gasteiger partial charge in [-0.25, -0.2) is 9.97 Å². The summed E-state index contributed by atoms with van der Waals surface area (Å²) in [6.07, 6.45) is 9.89. The largest absolute Gasteiger partial charge is 0.378 e. The lowest BCUT2D eigenvalue weighted by atomic mass is 9.70. The standard InChI is InChI=1S/C42H60N8O8S/c1-32(14-15-38(53)45-30-52)50(2)28-35-33(29-51)9-6-11-36(35)48-39(54)13-8-18-43-19-21-56-22-23-57-24-25-58-31-46-40(55)42(16-4-3-5-17-42)27-34-10-7-12-37(47-34)49-41-44-20-26-59-41/h6-7,9-12,20,26,29-30,32,43H,3-5,8,13-19,21-25,27-28,31H2,1-2H3,(H,46,55)(H,48,54)(H,44,47,49)(H,45,52,53). The van der Waals surface area contributed by atoms with Gasteiger partial charge in [-0.15, -0.1) is 11.3 Å². The number of ether oxygens (including phenoxy) is 3. The van der Waals surface area contributed by atoms with Crippen LogP contribution in [-0.4, -0.2) is 111 Å². The van der Waals surface area contributed by atoms with Crippen molar-refractivity contribution in [2.75, 3.05) is 70.5 Å². The lowest BCUT2D eigenvalue weighted by Gasteiger charge is -2.35. The first kappa shape index (κ1) is 47.0. The highest BCUT2D eigenvalue weighted by Gasteiger charge is 2.40. The van der Waals surface area contributed by atoms with E-state index in [-0.39, 0.29) is 36.9 Å². The summed E-state index contributed by atoms with van der Waals surface area (Å²) in [5.41, 5.74) is 2.13. The Kier molecular flexibility index (Phi) is 21.1. The van der Waals surface area contributed by atoms with Crippen molar-refractivity contribution in [3.8, 4) is 0 Å². The molecule has 16 nitrogen and oxygen atoms in total. The maximum atomic E-state index is 13.5. The number of nitrogens with zero attached hydrogens (tertiary/aromatic N) is 3. The van der Waals surface area contributed by atoms with E-state index in [1.165, 1.54) is 11.3 Å². The van der Waals surface area contributed by atoms with Crippen LogP contribution in [0.25, 0.3) is 0 Å². The van der Waals surface area contributed by atoms with Crippen molar-refractivity contribution in [2.24, 2.45) is 5.41 Å². The minimum Gasteiger partial charge on any atom is -0.378 e. The van der Waals surface area contributed by atoms with E-state index in [0.717, 1.165) is 49.2 Å². The summed E-state index contributed by atoms with van der Waals surface area (Å²) in [5.74, 6) is 0.225. The topological polar surface area (TPSA) is 202 Å². The van der Waals surface area contributed by atoms with E-state index in [2.05, 4.69) is 31.6 Å². The van der Waals surface area contributed by atoms with E-state index in [9.17, 15) is 24.0 Å². The molecule has 0 aliphatic heterocycles. The fourth-order valence-corrected chi connectivity index (χ4v) is 7.42. The van der Waals surface area contributed by atoms with E-state index in [1.54, 1.807) is 24.4 Å². The number of amides is 4. The monoisotopic (exact) mass is 836 g/mol. The van der Waals surface area contributed by atoms with Gasteiger partial charge in [0.1, 0.15) is 18.8 Å². The number of anilines is 3. The zero-order chi connectivity index (χ0) is 42.1. The van der Waals surface area contributed by atoms with Crippen LogP contribution in [0, 0.1) is 5.41 Å². The zero-order valence-electron chi connectivity index (χ0n) is 34.3. The minimum atomic E-state index is -0.510. The average molecular weight is 837 g/mol. The molecule has 17 heteroatoms. The highest BCUT2D eigenvalue weighted by Crippen LogP contribution is 2.39. The number of carbonyl (C=O) groups is 5. The number of nitrogens with one attached hydrogen (secondary N) is 5. The molecule has 2 heterocycles. The van der Waals surface area contributed by atoms with Crippen molar-refractivity contribution >= 4 is 58.4 Å². The van der Waals surface area contributed by atoms with Crippen molar-refractivity contribution in [1.29, 1.82) is 0 Å². The summed E-state index contributed by atoms with van der Waals surface area (Å²) in [6, 6.07) is 11.0. The zero-order valence-corrected chi connectivity index (χ0v) is 35.1. The normalized spacial score (nSPS) is 14.0. The van der Waals surface area contributed by atoms with E-state index >= 15 is 0 Å². The van der Waals surface area contributed by atoms with Crippen LogP contribution in [0.3, 0.4) is 0 Å². The van der Waals surface area contributed by atoms with Gasteiger partial charge in [0.2, 0.25) is 24.1 Å². The molecule has 0 spiro atoms. The van der Waals surface area contributed by atoms with Crippen molar-refractivity contribution < 1.29 is 38.2 Å². The Morgan fingerprint density at radius 2 is 1.69 bits per heavy atom. The SMILES string of the molecule is CC(CCC(=O)NC=O)N(C)Cc1c(C=O)cccc1NC(=O)CCCNCCOCCOCCOCNC(=O)C1(Cc2cccc(Nc3nccs3)n2)CCCCC1. The first-order valence-electron chi connectivity index (χ1n) is 20.4. The van der Waals surface area contributed by atoms with Crippen molar-refractivity contribution in [1.82, 2.24) is 30.8 Å². The third-order valence-electron chi connectivity index (χ3n) is 10.3. The third-order valence-corrected chi connectivity index (χ3v) is 11.0. The number of aldehydes is 1. The summed E-state index contributed by atoms with van der Waals surface area (Å²) in [6.45, 7) is 5.82. The summed E-state index contributed by atoms with van der Waals surface area (Å²) in [4.78, 5) is 71.2. The van der Waals surface area contributed by atoms with Gasteiger partial charge in [-0.2, -0.15) is 0 Å². The first-order valence-corrected chi connectivity index (χ1v) is 21.3. The molecule has 0 bridgehead atoms. The van der Waals surface area contributed by atoms with Crippen LogP contribution in [0.1, 0.15) is 86.3 Å². The number of aromatic nitrogens is 2. The molecular formula is C42H60N8O8S. The Morgan fingerprint density at radius 3 is 2.44 bits per heavy atom. The molecule has 1 saturated carbocycles. The fourth-order valence-electron chi connectivity index (χ4n) is 6.89. The highest BCUT2D eigenvalue weighted by molar-refractivity contribution is 7.13. The molecule has 1 aromatic carbocycles. The second-order valence-electron chi connectivity index (χ2n) is 14.7. The van der Waals surface area contributed by atoms with Crippen LogP contribution in [0.5, 0.6) is 0 Å². The van der Waals surface area contributed by atoms with E-state index in [0.29, 0.717) is 107 Å². The number of rotatable bonds is 29. The Labute approximate surface area is 350 Å². The number of pyridine rings is 1. The van der Waals surface area contributed by atoms with E-state index in [4.69, 9.17) is 19.2 Å². The predicted molar refractivity (Wildman–Crippen MR) is 226 cm³/mol. The summed E-state index contributed by atoms with van der Waals surface area (Å²) < 4.78 is 16.9. The first-order chi connectivity index (χ1) is 28.7. The van der Waals surface area contributed by atoms with Gasteiger partial charge in [0.05, 0.1) is 38.4 Å². The Bertz CT molecular complexity index is 1740. The number of hydrogen-bond acceptors (Lipinski definition) is 14. The molecule has 5 N–H and O–H groups in total. The molecule has 0 radical (unpaired) electrons. The quantitative estimate of drug-likeness (QED) is 0.0370. The van der Waals surface area contributed by atoms with Gasteiger partial charge in [-0.1, -0.05) is 37.5 Å². The molecule has 322 valence electrons. The van der Waals surface area contributed by atoms with Crippen LogP contribution < -0.4 is 26.6 Å². The van der Waals surface area contributed by atoms with Gasteiger partial charge >= 0.3 is 0 Å². The van der Waals surface area contributed by atoms with Gasteiger partial charge < -0.3 is 35.5 Å². The minimum absolute atomic E-state index is 0.00365. The van der Waals surface area contributed by atoms with Crippen LogP contribution in [0.4, 0.5) is 16.6 Å². The molecule has 3 aromatic rings. The number of thiazole rings is 1. The second-order valence-corrected chi connectivity index (χ2v) is 15.6. The molecule has 4 amide bonds. The van der Waals surface area contributed by atoms with Crippen molar-refractivity contribution in [3.63, 3.8) is 0 Å². The summed E-state index contributed by atoms with van der Waals surface area (Å²) in [5, 5.41) is 17.3. The molecule has 0 saturated heterocycles. The Hall–Kier alpha value is -4.65. The number of hydrogen-bond donors (Lipinski definition) is 5. The van der Waals surface area contributed by atoms with Crippen LogP contribution in [0.2, 0.25) is 0 Å². The summed E-state index contributed by atoms with van der Waals surface area (Å²) in [7, 11) is 1.88. The molecule has 2 aromatic heterocycles. The lowest BCUT2D eigenvalue weighted by Crippen LogP contribution is -2.44. The van der Waals surface area contributed by atoms with E-state index in [1.807, 2.05) is 42.5 Å². The van der Waals surface area contributed by atoms with Crippen LogP contribution in [-0.2, 0) is 46.4 Å². The average Bonchev–Trinajstić information content (AvgIpc) is 3.75. The fraction of sp³-hybridized carbons (Fsp3) is 0.548. The van der Waals surface area contributed by atoms with Crippen LogP contribution >= 0.6 is 11.3 Å². The Morgan fingerprint density at radius 1 is 0.932 bits per heavy atom. The van der Waals surface area contributed by atoms with Gasteiger partial charge in [-0.3, -0.25) is 34.2 Å². The van der Waals surface area contributed by atoms with Crippen molar-refractivity contribution in [3.05, 3.63) is 64.8 Å². The van der Waals surface area contributed by atoms with Gasteiger partial charge in [-0.05, 0) is 64.4 Å². The number of benzene rings is 1. The molecule has 1 unspecified atom stereocenters. The third kappa shape index (κ3) is 16.9. The Balaban J connectivity index is 1.02. The van der Waals surface area contributed by atoms with Crippen LogP contribution in [0.15, 0.2) is 48.0 Å². The number of carbonyl (C=O) groups excluding carboxylic acids is 5. The molecule has 1 aliphatic carbocycles. The smallest absolute Gasteiger partial charge is 0.228 e. The van der Waals surface area contributed by atoms with E-state index < -0.39 is 5.41 Å². The van der Waals surface area contributed by atoms with Gasteiger partial charge in [0.15, 0.2) is 5.13 Å². The maximum absolute atomic E-state index is 13.5. The highest BCUT2D eigenvalue weighted by atomic mass is 32.1. The summed E-state index contributed by atoms with van der Waals surface area (Å²) >= 11 is 1.51. The lowest BCUT2D eigenvalue weighted by molar-refractivity contribution is -0.135. The molecular weight excluding hydrogens is 777 g/mol. The second kappa shape index (κ2) is 26.4. The van der Waals surface area contributed by atoms with Gasteiger partial charge in [0.25, 0.3) is 0 Å². The molecule has 4 rings (SSSR count). The maximum Gasteiger partial charge on any atom is 0.228 e. The van der Waals surface area contributed by atoms with Gasteiger partial charge in [0, 0.05) is 72.5 Å². The predicted octanol–water partition coefficient (Wildman–Crippen LogP) is 4.59.